The molecule has 0 aliphatic carbocycles. The molecular weight excluding hydrogens is 618 g/mol. The minimum absolute atomic E-state index is 0.0960. The van der Waals surface area contributed by atoms with Crippen molar-refractivity contribution in [2.45, 2.75) is 44.7 Å². The summed E-state index contributed by atoms with van der Waals surface area (Å²) < 4.78 is 24.3. The number of hydrogen-bond donors (Lipinski definition) is 1. The van der Waals surface area contributed by atoms with E-state index in [-0.39, 0.29) is 11.8 Å². The predicted molar refractivity (Wildman–Crippen MR) is 192 cm³/mol. The van der Waals surface area contributed by atoms with Gasteiger partial charge in [0.1, 0.15) is 5.76 Å². The summed E-state index contributed by atoms with van der Waals surface area (Å²) in [5.41, 5.74) is 5.02. The van der Waals surface area contributed by atoms with Gasteiger partial charge in [-0.25, -0.2) is 4.98 Å². The number of benzene rings is 3. The molecule has 1 saturated heterocycles. The number of carbonyl (C=O) groups is 1. The number of aryl methyl sites for hydroxylation is 1. The van der Waals surface area contributed by atoms with Gasteiger partial charge in [-0.2, -0.15) is 0 Å². The fourth-order valence-electron chi connectivity index (χ4n) is 6.77. The molecule has 49 heavy (non-hydrogen) atoms. The van der Waals surface area contributed by atoms with Gasteiger partial charge in [0.25, 0.3) is 5.91 Å². The SMILES string of the molecule is COc1cc(C(=O)N(C)CC(CCN2CCC(Nc3nc4ccccc4n3Cc3ccco3)CC2)c2ccc(C)cc2)cc(OC)c1OC. The Kier molecular flexibility index (Phi) is 10.7. The van der Waals surface area contributed by atoms with Crippen molar-refractivity contribution in [3.8, 4) is 17.2 Å². The second-order valence-electron chi connectivity index (χ2n) is 12.8. The summed E-state index contributed by atoms with van der Waals surface area (Å²) >= 11 is 0. The molecule has 0 radical (unpaired) electrons. The van der Waals surface area contributed by atoms with E-state index < -0.39 is 0 Å². The molecule has 3 aromatic carbocycles. The minimum atomic E-state index is -0.0960. The second-order valence-corrected chi connectivity index (χ2v) is 12.8. The van der Waals surface area contributed by atoms with Gasteiger partial charge < -0.3 is 38.3 Å². The molecule has 0 saturated carbocycles. The molecule has 0 spiro atoms. The number of ether oxygens (including phenoxy) is 3. The number of methoxy groups -OCH3 is 3. The second kappa shape index (κ2) is 15.5. The van der Waals surface area contributed by atoms with Crippen molar-refractivity contribution < 1.29 is 23.4 Å². The first-order valence-electron chi connectivity index (χ1n) is 17.0. The maximum Gasteiger partial charge on any atom is 0.253 e. The summed E-state index contributed by atoms with van der Waals surface area (Å²) in [4.78, 5) is 23.0. The Hall–Kier alpha value is -4.96. The number of nitrogens with zero attached hydrogens (tertiary/aromatic N) is 4. The van der Waals surface area contributed by atoms with Crippen LogP contribution in [0.3, 0.4) is 0 Å². The van der Waals surface area contributed by atoms with E-state index in [1.54, 1.807) is 44.6 Å². The highest BCUT2D eigenvalue weighted by atomic mass is 16.5. The minimum Gasteiger partial charge on any atom is -0.493 e. The van der Waals surface area contributed by atoms with Crippen LogP contribution in [0, 0.1) is 6.92 Å². The van der Waals surface area contributed by atoms with Crippen LogP contribution in [0.2, 0.25) is 0 Å². The van der Waals surface area contributed by atoms with E-state index in [0.29, 0.717) is 41.9 Å². The number of rotatable bonds is 14. The van der Waals surface area contributed by atoms with Gasteiger partial charge in [-0.15, -0.1) is 0 Å². The van der Waals surface area contributed by atoms with Gasteiger partial charge in [-0.3, -0.25) is 4.79 Å². The van der Waals surface area contributed by atoms with Gasteiger partial charge in [-0.1, -0.05) is 42.0 Å². The molecule has 2 aromatic heterocycles. The Morgan fingerprint density at radius 1 is 0.980 bits per heavy atom. The number of piperidine rings is 1. The van der Waals surface area contributed by atoms with E-state index in [0.717, 1.165) is 61.6 Å². The molecular formula is C39H47N5O5. The first-order valence-corrected chi connectivity index (χ1v) is 17.0. The summed E-state index contributed by atoms with van der Waals surface area (Å²) in [6.07, 6.45) is 4.71. The lowest BCUT2D eigenvalue weighted by Gasteiger charge is -2.34. The normalized spacial score (nSPS) is 14.5. The van der Waals surface area contributed by atoms with Crippen molar-refractivity contribution >= 4 is 22.9 Å². The van der Waals surface area contributed by atoms with Gasteiger partial charge in [0.2, 0.25) is 11.7 Å². The third kappa shape index (κ3) is 7.86. The highest BCUT2D eigenvalue weighted by molar-refractivity contribution is 5.95. The predicted octanol–water partition coefficient (Wildman–Crippen LogP) is 6.83. The third-order valence-electron chi connectivity index (χ3n) is 9.56. The van der Waals surface area contributed by atoms with E-state index in [1.807, 2.05) is 25.2 Å². The lowest BCUT2D eigenvalue weighted by Crippen LogP contribution is -2.40. The molecule has 1 fully saturated rings. The molecule has 10 heteroatoms. The van der Waals surface area contributed by atoms with Crippen molar-refractivity contribution in [3.05, 3.63) is 102 Å². The molecule has 1 amide bonds. The van der Waals surface area contributed by atoms with Crippen LogP contribution < -0.4 is 19.5 Å². The Labute approximate surface area is 288 Å². The quantitative estimate of drug-likeness (QED) is 0.138. The first-order chi connectivity index (χ1) is 23.9. The van der Waals surface area contributed by atoms with E-state index in [4.69, 9.17) is 23.6 Å². The number of likely N-dealkylation sites (N-methyl/N-ethyl adjacent to an activating group) is 1. The van der Waals surface area contributed by atoms with Crippen LogP contribution in [-0.2, 0) is 6.54 Å². The number of hydrogen-bond acceptors (Lipinski definition) is 8. The van der Waals surface area contributed by atoms with Crippen LogP contribution in [0.25, 0.3) is 11.0 Å². The molecule has 1 atom stereocenters. The van der Waals surface area contributed by atoms with Gasteiger partial charge in [0.15, 0.2) is 11.5 Å². The number of para-hydroxylation sites is 2. The summed E-state index contributed by atoms with van der Waals surface area (Å²) in [6, 6.07) is 24.6. The molecule has 0 bridgehead atoms. The zero-order valence-corrected chi connectivity index (χ0v) is 29.1. The highest BCUT2D eigenvalue weighted by Crippen LogP contribution is 2.38. The average molecular weight is 666 g/mol. The standard InChI is InChI=1S/C39H47N5O5/c1-27-12-14-28(15-13-27)29(25-42(2)38(45)30-23-35(46-3)37(48-5)36(24-30)47-4)16-19-43-20-17-31(18-21-43)40-39-41-33-10-6-7-11-34(33)44(39)26-32-9-8-22-49-32/h6-15,22-24,29,31H,16-21,25-26H2,1-5H3,(H,40,41). The van der Waals surface area contributed by atoms with Crippen molar-refractivity contribution in [2.24, 2.45) is 0 Å². The Bertz CT molecular complexity index is 1800. The largest absolute Gasteiger partial charge is 0.493 e. The zero-order valence-electron chi connectivity index (χ0n) is 29.1. The lowest BCUT2D eigenvalue weighted by molar-refractivity contribution is 0.0781. The maximum absolute atomic E-state index is 13.7. The monoisotopic (exact) mass is 665 g/mol. The van der Waals surface area contributed by atoms with E-state index in [1.165, 1.54) is 11.1 Å². The molecule has 1 aliphatic heterocycles. The smallest absolute Gasteiger partial charge is 0.253 e. The first kappa shape index (κ1) is 33.9. The van der Waals surface area contributed by atoms with E-state index in [9.17, 15) is 4.79 Å². The lowest BCUT2D eigenvalue weighted by atomic mass is 9.93. The number of nitrogens with one attached hydrogen (secondary N) is 1. The summed E-state index contributed by atoms with van der Waals surface area (Å²) in [6.45, 7) is 6.26. The number of amides is 1. The van der Waals surface area contributed by atoms with Crippen molar-refractivity contribution in [2.75, 3.05) is 59.9 Å². The molecule has 10 nitrogen and oxygen atoms in total. The number of likely N-dealkylation sites (tertiary alicyclic amines) is 1. The molecule has 258 valence electrons. The number of fused-ring (bicyclic) bond motifs is 1. The van der Waals surface area contributed by atoms with Crippen molar-refractivity contribution in [1.82, 2.24) is 19.4 Å². The highest BCUT2D eigenvalue weighted by Gasteiger charge is 2.25. The number of anilines is 1. The Morgan fingerprint density at radius 2 is 1.69 bits per heavy atom. The van der Waals surface area contributed by atoms with Gasteiger partial charge in [0, 0.05) is 44.2 Å². The third-order valence-corrected chi connectivity index (χ3v) is 9.56. The number of carbonyl (C=O) groups excluding carboxylic acids is 1. The molecule has 6 rings (SSSR count). The van der Waals surface area contributed by atoms with Crippen LogP contribution in [0.1, 0.15) is 52.4 Å². The summed E-state index contributed by atoms with van der Waals surface area (Å²) in [5, 5.41) is 3.76. The molecule has 5 aromatic rings. The maximum atomic E-state index is 13.7. The summed E-state index contributed by atoms with van der Waals surface area (Å²) in [5.74, 6) is 3.25. The Morgan fingerprint density at radius 3 is 2.35 bits per heavy atom. The van der Waals surface area contributed by atoms with E-state index >= 15 is 0 Å². The summed E-state index contributed by atoms with van der Waals surface area (Å²) in [7, 11) is 6.53. The molecule has 1 N–H and O–H groups in total. The Balaban J connectivity index is 1.09. The van der Waals surface area contributed by atoms with Crippen molar-refractivity contribution in [3.63, 3.8) is 0 Å². The van der Waals surface area contributed by atoms with Crippen molar-refractivity contribution in [1.29, 1.82) is 0 Å². The number of aromatic nitrogens is 2. The van der Waals surface area contributed by atoms with Crippen LogP contribution in [-0.4, -0.2) is 85.9 Å². The van der Waals surface area contributed by atoms with Gasteiger partial charge in [-0.05, 0) is 74.7 Å². The van der Waals surface area contributed by atoms with Crippen LogP contribution in [0.5, 0.6) is 17.2 Å². The van der Waals surface area contributed by atoms with Gasteiger partial charge >= 0.3 is 0 Å². The fraction of sp³-hybridized carbons (Fsp3) is 0.385. The topological polar surface area (TPSA) is 94.2 Å². The average Bonchev–Trinajstić information content (AvgIpc) is 3.78. The number of imidazole rings is 1. The van der Waals surface area contributed by atoms with Crippen LogP contribution >= 0.6 is 0 Å². The molecule has 1 unspecified atom stereocenters. The van der Waals surface area contributed by atoms with Crippen LogP contribution in [0.4, 0.5) is 5.95 Å². The zero-order chi connectivity index (χ0) is 34.3. The molecule has 3 heterocycles. The van der Waals surface area contributed by atoms with E-state index in [2.05, 4.69) is 64.2 Å². The van der Waals surface area contributed by atoms with Gasteiger partial charge in [0.05, 0.1) is 45.2 Å². The van der Waals surface area contributed by atoms with Crippen LogP contribution in [0.15, 0.2) is 83.5 Å². The fourth-order valence-corrected chi connectivity index (χ4v) is 6.77. The number of furan rings is 1. The molecule has 1 aliphatic rings.